The van der Waals surface area contributed by atoms with Crippen LogP contribution in [0.1, 0.15) is 12.8 Å². The summed E-state index contributed by atoms with van der Waals surface area (Å²) in [6, 6.07) is 11.4. The Labute approximate surface area is 112 Å². The van der Waals surface area contributed by atoms with Crippen molar-refractivity contribution in [3.8, 4) is 11.5 Å². The molecule has 1 aliphatic rings. The lowest BCUT2D eigenvalue weighted by atomic mass is 10.0. The standard InChI is InChI=1S/C16H18O3/c17-15-3-1-13-2-4-16(10-14(13)9-15)19-11-12-5-7-18-8-6-12/h1-4,9-10,12,17H,5-8,11H2. The molecule has 1 N–H and O–H groups in total. The fourth-order valence-electron chi connectivity index (χ4n) is 2.43. The molecule has 2 aromatic rings. The number of fused-ring (bicyclic) bond motifs is 1. The van der Waals surface area contributed by atoms with Crippen LogP contribution in [0.3, 0.4) is 0 Å². The number of phenols is 1. The van der Waals surface area contributed by atoms with Crippen LogP contribution in [0.15, 0.2) is 36.4 Å². The molecule has 2 aromatic carbocycles. The lowest BCUT2D eigenvalue weighted by Gasteiger charge is -2.22. The molecule has 3 nitrogen and oxygen atoms in total. The summed E-state index contributed by atoms with van der Waals surface area (Å²) in [6.45, 7) is 2.44. The summed E-state index contributed by atoms with van der Waals surface area (Å²) in [6.07, 6.45) is 2.16. The summed E-state index contributed by atoms with van der Waals surface area (Å²) in [5, 5.41) is 11.6. The van der Waals surface area contributed by atoms with Gasteiger partial charge in [0.25, 0.3) is 0 Å². The van der Waals surface area contributed by atoms with E-state index in [2.05, 4.69) is 0 Å². The van der Waals surface area contributed by atoms with Gasteiger partial charge in [-0.05, 0) is 53.8 Å². The third-order valence-electron chi connectivity index (χ3n) is 3.62. The minimum absolute atomic E-state index is 0.286. The predicted octanol–water partition coefficient (Wildman–Crippen LogP) is 3.35. The summed E-state index contributed by atoms with van der Waals surface area (Å²) in [7, 11) is 0. The van der Waals surface area contributed by atoms with Crippen molar-refractivity contribution in [1.82, 2.24) is 0 Å². The molecule has 0 radical (unpaired) electrons. The predicted molar refractivity (Wildman–Crippen MR) is 74.7 cm³/mol. The van der Waals surface area contributed by atoms with Crippen molar-refractivity contribution in [2.24, 2.45) is 5.92 Å². The van der Waals surface area contributed by atoms with Gasteiger partial charge in [0.05, 0.1) is 6.61 Å². The van der Waals surface area contributed by atoms with Gasteiger partial charge in [0.1, 0.15) is 11.5 Å². The van der Waals surface area contributed by atoms with Crippen molar-refractivity contribution in [1.29, 1.82) is 0 Å². The lowest BCUT2D eigenvalue weighted by molar-refractivity contribution is 0.0498. The van der Waals surface area contributed by atoms with E-state index in [0.717, 1.165) is 49.2 Å². The normalized spacial score (nSPS) is 16.6. The first-order valence-electron chi connectivity index (χ1n) is 6.74. The van der Waals surface area contributed by atoms with E-state index >= 15 is 0 Å². The second-order valence-electron chi connectivity index (χ2n) is 5.06. The Morgan fingerprint density at radius 1 is 1.05 bits per heavy atom. The molecule has 0 atom stereocenters. The maximum Gasteiger partial charge on any atom is 0.119 e. The quantitative estimate of drug-likeness (QED) is 0.917. The molecule has 1 heterocycles. The molecule has 1 aliphatic heterocycles. The van der Waals surface area contributed by atoms with Gasteiger partial charge in [-0.25, -0.2) is 0 Å². The minimum atomic E-state index is 0.286. The van der Waals surface area contributed by atoms with E-state index < -0.39 is 0 Å². The number of phenolic OH excluding ortho intramolecular Hbond substituents is 1. The number of rotatable bonds is 3. The summed E-state index contributed by atoms with van der Waals surface area (Å²) >= 11 is 0. The molecule has 0 bridgehead atoms. The smallest absolute Gasteiger partial charge is 0.119 e. The van der Waals surface area contributed by atoms with Crippen molar-refractivity contribution >= 4 is 10.8 Å². The van der Waals surface area contributed by atoms with Crippen LogP contribution in [0.4, 0.5) is 0 Å². The van der Waals surface area contributed by atoms with Crippen LogP contribution in [-0.2, 0) is 4.74 Å². The second kappa shape index (κ2) is 5.49. The SMILES string of the molecule is Oc1ccc2ccc(OCC3CCOCC3)cc2c1. The molecule has 1 saturated heterocycles. The first-order chi connectivity index (χ1) is 9.31. The Hall–Kier alpha value is -1.74. The third kappa shape index (κ3) is 2.99. The van der Waals surface area contributed by atoms with E-state index in [1.807, 2.05) is 24.3 Å². The van der Waals surface area contributed by atoms with Crippen LogP contribution in [0, 0.1) is 5.92 Å². The molecule has 0 unspecified atom stereocenters. The largest absolute Gasteiger partial charge is 0.508 e. The van der Waals surface area contributed by atoms with E-state index in [1.54, 1.807) is 12.1 Å². The Morgan fingerprint density at radius 2 is 1.84 bits per heavy atom. The van der Waals surface area contributed by atoms with Gasteiger partial charge in [0.15, 0.2) is 0 Å². The van der Waals surface area contributed by atoms with Crippen molar-refractivity contribution in [3.05, 3.63) is 36.4 Å². The van der Waals surface area contributed by atoms with Gasteiger partial charge in [0.2, 0.25) is 0 Å². The van der Waals surface area contributed by atoms with Gasteiger partial charge >= 0.3 is 0 Å². The van der Waals surface area contributed by atoms with Crippen molar-refractivity contribution in [2.75, 3.05) is 19.8 Å². The lowest BCUT2D eigenvalue weighted by Crippen LogP contribution is -2.21. The average molecular weight is 258 g/mol. The van der Waals surface area contributed by atoms with Gasteiger partial charge in [-0.3, -0.25) is 0 Å². The Morgan fingerprint density at radius 3 is 2.68 bits per heavy atom. The van der Waals surface area contributed by atoms with Gasteiger partial charge in [-0.1, -0.05) is 12.1 Å². The molecule has 0 spiro atoms. The van der Waals surface area contributed by atoms with E-state index in [-0.39, 0.29) is 5.75 Å². The summed E-state index contributed by atoms with van der Waals surface area (Å²) in [5.41, 5.74) is 0. The van der Waals surface area contributed by atoms with Gasteiger partial charge < -0.3 is 14.6 Å². The number of aromatic hydroxyl groups is 1. The first kappa shape index (κ1) is 12.3. The molecule has 3 heteroatoms. The third-order valence-corrected chi connectivity index (χ3v) is 3.62. The van der Waals surface area contributed by atoms with Crippen molar-refractivity contribution in [3.63, 3.8) is 0 Å². The fraction of sp³-hybridized carbons (Fsp3) is 0.375. The molecule has 19 heavy (non-hydrogen) atoms. The zero-order chi connectivity index (χ0) is 13.1. The maximum absolute atomic E-state index is 9.50. The Kier molecular flexibility index (Phi) is 3.56. The van der Waals surface area contributed by atoms with Crippen molar-refractivity contribution in [2.45, 2.75) is 12.8 Å². The van der Waals surface area contributed by atoms with Gasteiger partial charge in [-0.15, -0.1) is 0 Å². The van der Waals surface area contributed by atoms with Crippen LogP contribution in [0.25, 0.3) is 10.8 Å². The molecule has 0 saturated carbocycles. The summed E-state index contributed by atoms with van der Waals surface area (Å²) in [5.74, 6) is 1.74. The molecular formula is C16H18O3. The molecule has 100 valence electrons. The monoisotopic (exact) mass is 258 g/mol. The molecule has 0 aromatic heterocycles. The molecule has 3 rings (SSSR count). The zero-order valence-corrected chi connectivity index (χ0v) is 10.8. The van der Waals surface area contributed by atoms with Crippen LogP contribution in [-0.4, -0.2) is 24.9 Å². The Bertz CT molecular complexity index is 559. The van der Waals surface area contributed by atoms with E-state index in [4.69, 9.17) is 9.47 Å². The highest BCUT2D eigenvalue weighted by Gasteiger charge is 2.14. The van der Waals surface area contributed by atoms with E-state index in [0.29, 0.717) is 5.92 Å². The maximum atomic E-state index is 9.50. The van der Waals surface area contributed by atoms with Gasteiger partial charge in [0, 0.05) is 13.2 Å². The highest BCUT2D eigenvalue weighted by Crippen LogP contribution is 2.25. The topological polar surface area (TPSA) is 38.7 Å². The number of hydrogen-bond acceptors (Lipinski definition) is 3. The summed E-state index contributed by atoms with van der Waals surface area (Å²) < 4.78 is 11.2. The molecule has 1 fully saturated rings. The molecule has 0 aliphatic carbocycles. The Balaban J connectivity index is 1.70. The number of hydrogen-bond donors (Lipinski definition) is 1. The van der Waals surface area contributed by atoms with Crippen LogP contribution in [0.2, 0.25) is 0 Å². The number of ether oxygens (including phenoxy) is 2. The molecule has 0 amide bonds. The number of benzene rings is 2. The highest BCUT2D eigenvalue weighted by atomic mass is 16.5. The molecular weight excluding hydrogens is 240 g/mol. The van der Waals surface area contributed by atoms with Crippen molar-refractivity contribution < 1.29 is 14.6 Å². The van der Waals surface area contributed by atoms with Crippen LogP contribution >= 0.6 is 0 Å². The van der Waals surface area contributed by atoms with Crippen LogP contribution in [0.5, 0.6) is 11.5 Å². The highest BCUT2D eigenvalue weighted by molar-refractivity contribution is 5.85. The second-order valence-corrected chi connectivity index (χ2v) is 5.06. The van der Waals surface area contributed by atoms with E-state index in [9.17, 15) is 5.11 Å². The fourth-order valence-corrected chi connectivity index (χ4v) is 2.43. The van der Waals surface area contributed by atoms with Crippen LogP contribution < -0.4 is 4.74 Å². The summed E-state index contributed by atoms with van der Waals surface area (Å²) in [4.78, 5) is 0. The zero-order valence-electron chi connectivity index (χ0n) is 10.8. The van der Waals surface area contributed by atoms with Gasteiger partial charge in [-0.2, -0.15) is 0 Å². The van der Waals surface area contributed by atoms with E-state index in [1.165, 1.54) is 0 Å². The first-order valence-corrected chi connectivity index (χ1v) is 6.74. The average Bonchev–Trinajstić information content (AvgIpc) is 2.46. The minimum Gasteiger partial charge on any atom is -0.508 e.